The molecule has 1 aromatic heterocycles. The molecule has 0 unspecified atom stereocenters. The minimum Gasteiger partial charge on any atom is -0.356 e. The van der Waals surface area contributed by atoms with Gasteiger partial charge < -0.3 is 15.2 Å². The Balaban J connectivity index is 1.30. The van der Waals surface area contributed by atoms with Crippen LogP contribution < -0.4 is 10.6 Å². The fourth-order valence-corrected chi connectivity index (χ4v) is 3.44. The maximum atomic E-state index is 13.0. The van der Waals surface area contributed by atoms with Crippen LogP contribution in [0.25, 0.3) is 0 Å². The first-order valence-electron chi connectivity index (χ1n) is 9.99. The third kappa shape index (κ3) is 6.60. The number of unbranched alkanes of at least 4 members (excludes halogenated alkanes) is 1. The van der Waals surface area contributed by atoms with E-state index in [2.05, 4.69) is 30.7 Å². The van der Waals surface area contributed by atoms with Crippen molar-refractivity contribution in [3.8, 4) is 0 Å². The summed E-state index contributed by atoms with van der Waals surface area (Å²) in [4.78, 5) is 6.77. The third-order valence-corrected chi connectivity index (χ3v) is 5.07. The highest BCUT2D eigenvalue weighted by molar-refractivity contribution is 5.79. The lowest BCUT2D eigenvalue weighted by Crippen LogP contribution is -2.48. The van der Waals surface area contributed by atoms with Gasteiger partial charge in [-0.1, -0.05) is 12.1 Å². The van der Waals surface area contributed by atoms with Gasteiger partial charge in [0.15, 0.2) is 5.96 Å². The fourth-order valence-electron chi connectivity index (χ4n) is 3.44. The first kappa shape index (κ1) is 20.3. The summed E-state index contributed by atoms with van der Waals surface area (Å²) < 4.78 is 15.0. The molecule has 0 bridgehead atoms. The van der Waals surface area contributed by atoms with Gasteiger partial charge in [0.1, 0.15) is 18.5 Å². The second kappa shape index (κ2) is 10.8. The van der Waals surface area contributed by atoms with Crippen molar-refractivity contribution in [2.24, 2.45) is 4.99 Å². The number of aryl methyl sites for hydroxylation is 1. The molecule has 2 heterocycles. The molecule has 0 aliphatic carbocycles. The Labute approximate surface area is 166 Å². The second-order valence-corrected chi connectivity index (χ2v) is 7.23. The molecule has 0 saturated carbocycles. The van der Waals surface area contributed by atoms with Gasteiger partial charge in [0, 0.05) is 45.8 Å². The normalized spacial score (nSPS) is 16.3. The summed E-state index contributed by atoms with van der Waals surface area (Å²) in [7, 11) is 1.82. The maximum Gasteiger partial charge on any atom is 0.191 e. The molecular formula is C20H30FN7. The zero-order valence-corrected chi connectivity index (χ0v) is 16.5. The Kier molecular flexibility index (Phi) is 7.78. The second-order valence-electron chi connectivity index (χ2n) is 7.23. The SMILES string of the molecule is CN=C(NCCCCn1cnnc1)NC1CCN(Cc2ccc(F)cc2)CC1. The molecule has 1 aromatic carbocycles. The molecule has 0 radical (unpaired) electrons. The van der Waals surface area contributed by atoms with E-state index < -0.39 is 0 Å². The van der Waals surface area contributed by atoms with E-state index in [1.807, 2.05) is 23.7 Å². The molecule has 1 saturated heterocycles. The number of aliphatic imine (C=N–C) groups is 1. The summed E-state index contributed by atoms with van der Waals surface area (Å²) in [5.74, 6) is 0.700. The van der Waals surface area contributed by atoms with Gasteiger partial charge in [0.25, 0.3) is 0 Å². The standard InChI is InChI=1S/C20H30FN7/c1-22-20(23-10-2-3-11-28-15-24-25-16-28)26-19-8-12-27(13-9-19)14-17-4-6-18(21)7-5-17/h4-7,15-16,19H,2-3,8-14H2,1H3,(H2,22,23,26). The van der Waals surface area contributed by atoms with Gasteiger partial charge in [-0.15, -0.1) is 10.2 Å². The predicted molar refractivity (Wildman–Crippen MR) is 108 cm³/mol. The Morgan fingerprint density at radius 3 is 2.54 bits per heavy atom. The van der Waals surface area contributed by atoms with Crippen molar-refractivity contribution in [3.63, 3.8) is 0 Å². The molecule has 28 heavy (non-hydrogen) atoms. The number of halogens is 1. The summed E-state index contributed by atoms with van der Waals surface area (Å²) in [6, 6.07) is 7.24. The van der Waals surface area contributed by atoms with Crippen molar-refractivity contribution >= 4 is 5.96 Å². The van der Waals surface area contributed by atoms with Crippen LogP contribution in [0.3, 0.4) is 0 Å². The fraction of sp³-hybridized carbons (Fsp3) is 0.550. The highest BCUT2D eigenvalue weighted by atomic mass is 19.1. The average molecular weight is 388 g/mol. The number of nitrogens with one attached hydrogen (secondary N) is 2. The van der Waals surface area contributed by atoms with E-state index in [4.69, 9.17) is 0 Å². The Morgan fingerprint density at radius 1 is 1.14 bits per heavy atom. The van der Waals surface area contributed by atoms with Crippen molar-refractivity contribution in [2.45, 2.75) is 44.8 Å². The van der Waals surface area contributed by atoms with Crippen LogP contribution in [0.2, 0.25) is 0 Å². The molecular weight excluding hydrogens is 357 g/mol. The van der Waals surface area contributed by atoms with Crippen LogP contribution in [0.15, 0.2) is 41.9 Å². The minimum absolute atomic E-state index is 0.177. The van der Waals surface area contributed by atoms with Gasteiger partial charge >= 0.3 is 0 Å². The first-order valence-corrected chi connectivity index (χ1v) is 9.99. The smallest absolute Gasteiger partial charge is 0.191 e. The molecule has 8 heteroatoms. The van der Waals surface area contributed by atoms with E-state index in [-0.39, 0.29) is 5.82 Å². The van der Waals surface area contributed by atoms with Crippen LogP contribution in [0.1, 0.15) is 31.2 Å². The van der Waals surface area contributed by atoms with Crippen molar-refractivity contribution in [2.75, 3.05) is 26.7 Å². The molecule has 3 rings (SSSR count). The molecule has 2 aromatic rings. The van der Waals surface area contributed by atoms with E-state index in [1.54, 1.807) is 12.7 Å². The van der Waals surface area contributed by atoms with E-state index in [1.165, 1.54) is 12.1 Å². The quantitative estimate of drug-likeness (QED) is 0.412. The minimum atomic E-state index is -0.177. The largest absolute Gasteiger partial charge is 0.356 e. The van der Waals surface area contributed by atoms with Gasteiger partial charge in [-0.25, -0.2) is 4.39 Å². The van der Waals surface area contributed by atoms with Gasteiger partial charge in [0.2, 0.25) is 0 Å². The number of hydrogen-bond acceptors (Lipinski definition) is 4. The Hall–Kier alpha value is -2.48. The number of likely N-dealkylation sites (tertiary alicyclic amines) is 1. The topological polar surface area (TPSA) is 70.4 Å². The molecule has 0 atom stereocenters. The molecule has 0 amide bonds. The predicted octanol–water partition coefficient (Wildman–Crippen LogP) is 2.03. The lowest BCUT2D eigenvalue weighted by molar-refractivity contribution is 0.198. The summed E-state index contributed by atoms with van der Waals surface area (Å²) in [5.41, 5.74) is 1.16. The van der Waals surface area contributed by atoms with Crippen molar-refractivity contribution in [1.29, 1.82) is 0 Å². The van der Waals surface area contributed by atoms with Crippen LogP contribution in [-0.4, -0.2) is 58.3 Å². The average Bonchev–Trinajstić information content (AvgIpc) is 3.23. The summed E-state index contributed by atoms with van der Waals surface area (Å²) in [6.07, 6.45) is 7.79. The van der Waals surface area contributed by atoms with Crippen LogP contribution in [0, 0.1) is 5.82 Å². The lowest BCUT2D eigenvalue weighted by atomic mass is 10.0. The lowest BCUT2D eigenvalue weighted by Gasteiger charge is -2.33. The van der Waals surface area contributed by atoms with Gasteiger partial charge in [-0.2, -0.15) is 0 Å². The van der Waals surface area contributed by atoms with Crippen LogP contribution in [-0.2, 0) is 13.1 Å². The Morgan fingerprint density at radius 2 is 1.86 bits per heavy atom. The highest BCUT2D eigenvalue weighted by Crippen LogP contribution is 2.14. The van der Waals surface area contributed by atoms with Crippen molar-refractivity contribution in [3.05, 3.63) is 48.3 Å². The molecule has 7 nitrogen and oxygen atoms in total. The van der Waals surface area contributed by atoms with Crippen molar-refractivity contribution in [1.82, 2.24) is 30.3 Å². The van der Waals surface area contributed by atoms with E-state index in [9.17, 15) is 4.39 Å². The maximum absolute atomic E-state index is 13.0. The number of nitrogens with zero attached hydrogens (tertiary/aromatic N) is 5. The number of guanidine groups is 1. The van der Waals surface area contributed by atoms with Crippen LogP contribution >= 0.6 is 0 Å². The monoisotopic (exact) mass is 387 g/mol. The Bertz CT molecular complexity index is 707. The molecule has 1 aliphatic rings. The zero-order valence-electron chi connectivity index (χ0n) is 16.5. The number of hydrogen-bond donors (Lipinski definition) is 2. The summed E-state index contributed by atoms with van der Waals surface area (Å²) in [6.45, 7) is 4.78. The van der Waals surface area contributed by atoms with E-state index in [0.717, 1.165) is 69.9 Å². The van der Waals surface area contributed by atoms with Gasteiger partial charge in [-0.3, -0.25) is 9.89 Å². The number of benzene rings is 1. The summed E-state index contributed by atoms with van der Waals surface area (Å²) in [5, 5.41) is 14.6. The van der Waals surface area contributed by atoms with Gasteiger partial charge in [0.05, 0.1) is 0 Å². The van der Waals surface area contributed by atoms with Crippen molar-refractivity contribution < 1.29 is 4.39 Å². The van der Waals surface area contributed by atoms with Crippen LogP contribution in [0.5, 0.6) is 0 Å². The zero-order chi connectivity index (χ0) is 19.6. The van der Waals surface area contributed by atoms with Gasteiger partial charge in [-0.05, 0) is 43.4 Å². The number of piperidine rings is 1. The summed E-state index contributed by atoms with van der Waals surface area (Å²) >= 11 is 0. The number of aromatic nitrogens is 3. The number of rotatable bonds is 8. The highest BCUT2D eigenvalue weighted by Gasteiger charge is 2.20. The van der Waals surface area contributed by atoms with Crippen LogP contribution in [0.4, 0.5) is 4.39 Å². The first-order chi connectivity index (χ1) is 13.7. The molecule has 1 fully saturated rings. The molecule has 1 aliphatic heterocycles. The van der Waals surface area contributed by atoms with E-state index >= 15 is 0 Å². The third-order valence-electron chi connectivity index (χ3n) is 5.07. The molecule has 0 spiro atoms. The molecule has 2 N–H and O–H groups in total. The molecule has 152 valence electrons. The van der Waals surface area contributed by atoms with E-state index in [0.29, 0.717) is 6.04 Å².